The molecule has 0 heterocycles. The summed E-state index contributed by atoms with van der Waals surface area (Å²) in [5.41, 5.74) is 10.2. The molecule has 9 nitrogen and oxygen atoms in total. The van der Waals surface area contributed by atoms with Gasteiger partial charge in [-0.1, -0.05) is 130 Å². The maximum atomic E-state index is 12.4. The van der Waals surface area contributed by atoms with E-state index in [1.54, 1.807) is 60.7 Å². The Morgan fingerprint density at radius 2 is 0.603 bits per heavy atom. The Labute approximate surface area is 427 Å². The van der Waals surface area contributed by atoms with Gasteiger partial charge in [-0.15, -0.1) is 0 Å². The van der Waals surface area contributed by atoms with Crippen LogP contribution < -0.4 is 0 Å². The second-order valence-corrected chi connectivity index (χ2v) is 21.6. The summed E-state index contributed by atoms with van der Waals surface area (Å²) in [6, 6.07) is 28.2. The van der Waals surface area contributed by atoms with E-state index >= 15 is 0 Å². The Morgan fingerprint density at radius 1 is 0.370 bits per heavy atom. The molecule has 10 bridgehead atoms. The van der Waals surface area contributed by atoms with Crippen LogP contribution in [-0.2, 0) is 42.9 Å². The summed E-state index contributed by atoms with van der Waals surface area (Å²) in [5.74, 6) is 10.1. The van der Waals surface area contributed by atoms with Gasteiger partial charge in [0.15, 0.2) is 0 Å². The van der Waals surface area contributed by atoms with Crippen LogP contribution in [0, 0.1) is 44.5 Å². The van der Waals surface area contributed by atoms with Gasteiger partial charge in [-0.2, -0.15) is 0 Å². The number of hydrogen-bond acceptors (Lipinski definition) is 7. The van der Waals surface area contributed by atoms with Crippen molar-refractivity contribution in [1.29, 1.82) is 0 Å². The van der Waals surface area contributed by atoms with Crippen molar-refractivity contribution in [2.45, 2.75) is 105 Å². The van der Waals surface area contributed by atoms with Crippen molar-refractivity contribution in [3.63, 3.8) is 0 Å². The minimum absolute atomic E-state index is 0.0152. The molecule has 0 radical (unpaired) electrons. The van der Waals surface area contributed by atoms with Crippen molar-refractivity contribution >= 4 is 11.9 Å². The lowest BCUT2D eigenvalue weighted by molar-refractivity contribution is 0.0685. The largest absolute Gasteiger partial charge is 0.507 e. The van der Waals surface area contributed by atoms with E-state index in [1.165, 1.54) is 0 Å². The number of phenolic OH excluding ortho intramolecular Hbond substituents is 5. The Morgan fingerprint density at radius 3 is 0.822 bits per heavy atom. The third-order valence-electron chi connectivity index (χ3n) is 13.6. The van der Waals surface area contributed by atoms with Gasteiger partial charge in [-0.25, -0.2) is 9.59 Å². The number of aromatic carboxylic acids is 2. The van der Waals surface area contributed by atoms with E-state index in [2.05, 4.69) is 23.7 Å². The van der Waals surface area contributed by atoms with Gasteiger partial charge in [-0.05, 0) is 147 Å². The summed E-state index contributed by atoms with van der Waals surface area (Å²) >= 11 is 0. The molecule has 7 aromatic carbocycles. The molecule has 0 atom stereocenters. The Kier molecular flexibility index (Phi) is 13.7. The highest BCUT2D eigenvalue weighted by atomic mass is 16.4. The van der Waals surface area contributed by atoms with Crippen LogP contribution in [0.25, 0.3) is 0 Å². The molecule has 0 unspecified atom stereocenters. The van der Waals surface area contributed by atoms with Crippen molar-refractivity contribution in [1.82, 2.24) is 0 Å². The minimum Gasteiger partial charge on any atom is -0.507 e. The van der Waals surface area contributed by atoms with Crippen LogP contribution in [0.5, 0.6) is 28.7 Å². The number of aryl methyl sites for hydroxylation is 3. The highest BCUT2D eigenvalue weighted by molar-refractivity contribution is 5.91. The van der Waals surface area contributed by atoms with Crippen molar-refractivity contribution in [2.24, 2.45) is 0 Å². The molecule has 0 saturated heterocycles. The second kappa shape index (κ2) is 19.7. The topological polar surface area (TPSA) is 176 Å². The minimum atomic E-state index is -1.12. The molecule has 9 heteroatoms. The van der Waals surface area contributed by atoms with E-state index < -0.39 is 11.9 Å². The molecule has 0 amide bonds. The molecule has 7 aromatic rings. The first-order valence-electron chi connectivity index (χ1n) is 24.3. The molecule has 1 aliphatic carbocycles. The summed E-state index contributed by atoms with van der Waals surface area (Å²) in [4.78, 5) is 24.8. The summed E-state index contributed by atoms with van der Waals surface area (Å²) in [7, 11) is 0. The van der Waals surface area contributed by atoms with E-state index in [0.717, 1.165) is 27.8 Å². The number of hydrogen-bond donors (Lipinski definition) is 7. The fourth-order valence-electron chi connectivity index (χ4n) is 9.72. The number of rotatable bonds is 2. The predicted molar refractivity (Wildman–Crippen MR) is 285 cm³/mol. The number of phenols is 5. The van der Waals surface area contributed by atoms with E-state index in [4.69, 9.17) is 0 Å². The number of carboxylic acids is 2. The zero-order valence-corrected chi connectivity index (χ0v) is 42.7. The van der Waals surface area contributed by atoms with E-state index in [1.807, 2.05) is 98.7 Å². The molecule has 8 rings (SSSR count). The number of carboxylic acid groups (broad SMARTS) is 2. The van der Waals surface area contributed by atoms with Gasteiger partial charge in [0.1, 0.15) is 28.7 Å². The number of aromatic hydroxyl groups is 5. The van der Waals surface area contributed by atoms with Gasteiger partial charge >= 0.3 is 11.9 Å². The molecule has 1 aliphatic rings. The molecular weight excluding hydrogens is 913 g/mol. The maximum Gasteiger partial charge on any atom is 0.336 e. The summed E-state index contributed by atoms with van der Waals surface area (Å²) in [6.07, 6.45) is 0.427. The summed E-state index contributed by atoms with van der Waals surface area (Å²) in [6.45, 7) is 17.9. The lowest BCUT2D eigenvalue weighted by Gasteiger charge is -2.19. The average Bonchev–Trinajstić information content (AvgIpc) is 3.30. The molecule has 0 aromatic heterocycles. The van der Waals surface area contributed by atoms with E-state index in [0.29, 0.717) is 77.9 Å². The van der Waals surface area contributed by atoms with Crippen LogP contribution in [0.15, 0.2) is 97.1 Å². The zero-order valence-electron chi connectivity index (χ0n) is 42.7. The number of benzene rings is 7. The lowest BCUT2D eigenvalue weighted by atomic mass is 9.85. The molecule has 0 aliphatic heterocycles. The van der Waals surface area contributed by atoms with Crippen molar-refractivity contribution < 1.29 is 45.3 Å². The van der Waals surface area contributed by atoms with Crippen molar-refractivity contribution in [3.05, 3.63) is 214 Å². The van der Waals surface area contributed by atoms with Crippen LogP contribution in [0.3, 0.4) is 0 Å². The zero-order chi connectivity index (χ0) is 52.8. The van der Waals surface area contributed by atoms with Gasteiger partial charge in [0, 0.05) is 54.4 Å². The maximum absolute atomic E-state index is 12.4. The normalized spacial score (nSPS) is 12.5. The van der Waals surface area contributed by atoms with Crippen LogP contribution in [0.2, 0.25) is 0 Å². The first-order chi connectivity index (χ1) is 34.3. The van der Waals surface area contributed by atoms with Crippen molar-refractivity contribution in [3.8, 4) is 52.4 Å². The van der Waals surface area contributed by atoms with Gasteiger partial charge in [-0.3, -0.25) is 0 Å². The molecule has 7 N–H and O–H groups in total. The number of carbonyl (C=O) groups is 2. The molecular formula is C64H60O9. The Bertz CT molecular complexity index is 3330. The van der Waals surface area contributed by atoms with Crippen LogP contribution in [0.1, 0.15) is 168 Å². The predicted octanol–water partition coefficient (Wildman–Crippen LogP) is 12.2. The molecule has 0 fully saturated rings. The van der Waals surface area contributed by atoms with Gasteiger partial charge in [0.05, 0.1) is 11.1 Å². The third kappa shape index (κ3) is 11.1. The van der Waals surface area contributed by atoms with Crippen LogP contribution >= 0.6 is 0 Å². The molecule has 0 spiro atoms. The van der Waals surface area contributed by atoms with Crippen LogP contribution in [0.4, 0.5) is 0 Å². The Balaban J connectivity index is 1.35. The quantitative estimate of drug-likeness (QED) is 0.0831. The standard InChI is InChI=1S/C64H60O9/c1-35-18-42-28-43-19-36(2)21-45(57(43)66)30-49-25-39(11-13-41-34-53(64(7,8)9)15-17-55(41)62(72)73)27-51(60(49)69)32-47-23-37(3)22-46(58(47)67)31-50-26-38(24-48(59(50)68)29-44(20-35)56(42)65)10-12-40-33-52(63(4,5)6)14-16-54(40)61(70)71/h14-27,33-34,65-69H,28-32H2,1-9H3,(H,70,71)(H,72,73). The average molecular weight is 973 g/mol. The lowest BCUT2D eigenvalue weighted by Crippen LogP contribution is -2.12. The van der Waals surface area contributed by atoms with Crippen LogP contribution in [-0.4, -0.2) is 47.7 Å². The first-order valence-corrected chi connectivity index (χ1v) is 24.3. The third-order valence-corrected chi connectivity index (χ3v) is 13.6. The van der Waals surface area contributed by atoms with Gasteiger partial charge in [0.25, 0.3) is 0 Å². The fraction of sp³-hybridized carbons (Fsp3) is 0.250. The SMILES string of the molecule is Cc1cc2c(O)c(c1)Cc1cc(C#Cc3cc(C(C)(C)C)ccc3C(=O)O)cc(c1O)Cc1cc(C)cc(c1O)Cc1cc(C#Cc3cc(C(C)(C)C)ccc3C(=O)O)cc(c1O)Cc1cc(C)cc(c1O)C2. The highest BCUT2D eigenvalue weighted by Gasteiger charge is 2.23. The van der Waals surface area contributed by atoms with Gasteiger partial charge < -0.3 is 35.7 Å². The van der Waals surface area contributed by atoms with Crippen molar-refractivity contribution in [2.75, 3.05) is 0 Å². The van der Waals surface area contributed by atoms with E-state index in [9.17, 15) is 45.3 Å². The number of fused-ring (bicyclic) bond motifs is 10. The first kappa shape index (κ1) is 51.0. The highest BCUT2D eigenvalue weighted by Crippen LogP contribution is 2.40. The monoisotopic (exact) mass is 972 g/mol. The van der Waals surface area contributed by atoms with Gasteiger partial charge in [0.2, 0.25) is 0 Å². The molecule has 0 saturated carbocycles. The molecule has 73 heavy (non-hydrogen) atoms. The summed E-state index contributed by atoms with van der Waals surface area (Å²) in [5, 5.41) is 80.9. The Hall–Kier alpha value is -8.40. The second-order valence-electron chi connectivity index (χ2n) is 21.6. The summed E-state index contributed by atoms with van der Waals surface area (Å²) < 4.78 is 0. The smallest absolute Gasteiger partial charge is 0.336 e. The molecule has 370 valence electrons. The fourth-order valence-corrected chi connectivity index (χ4v) is 9.72. The van der Waals surface area contributed by atoms with E-state index in [-0.39, 0.29) is 82.8 Å².